The number of rotatable bonds is 6. The van der Waals surface area contributed by atoms with Crippen molar-refractivity contribution in [3.8, 4) is 0 Å². The van der Waals surface area contributed by atoms with E-state index in [1.165, 1.54) is 24.0 Å². The molecule has 2 aromatic carbocycles. The first-order valence-corrected chi connectivity index (χ1v) is 10.8. The standard InChI is InChI=1S/C24H29ClN2O/c1-18-5-2-3-7-20(18)17-27-14-4-6-19(16-27)15-26-23(28)24(12-13-24)21-8-10-22(25)11-9-21/h2-3,5,7-11,19H,4,6,12-17H2,1H3,(H,26,28). The maximum Gasteiger partial charge on any atom is 0.230 e. The molecule has 1 N–H and O–H groups in total. The highest BCUT2D eigenvalue weighted by Crippen LogP contribution is 2.48. The number of nitrogens with one attached hydrogen (secondary N) is 1. The Morgan fingerprint density at radius 3 is 2.64 bits per heavy atom. The van der Waals surface area contributed by atoms with Crippen LogP contribution in [0.3, 0.4) is 0 Å². The molecule has 2 aromatic rings. The Labute approximate surface area is 173 Å². The number of nitrogens with zero attached hydrogens (tertiary/aromatic N) is 1. The quantitative estimate of drug-likeness (QED) is 0.766. The zero-order chi connectivity index (χ0) is 19.6. The summed E-state index contributed by atoms with van der Waals surface area (Å²) in [5.74, 6) is 0.716. The van der Waals surface area contributed by atoms with E-state index in [1.807, 2.05) is 24.3 Å². The van der Waals surface area contributed by atoms with Gasteiger partial charge in [0.1, 0.15) is 0 Å². The molecule has 2 fully saturated rings. The number of carbonyl (C=O) groups is 1. The lowest BCUT2D eigenvalue weighted by molar-refractivity contribution is -0.123. The normalized spacial score (nSPS) is 21.3. The van der Waals surface area contributed by atoms with Crippen LogP contribution in [0.15, 0.2) is 48.5 Å². The maximum atomic E-state index is 12.9. The van der Waals surface area contributed by atoms with Crippen LogP contribution in [0.4, 0.5) is 0 Å². The van der Waals surface area contributed by atoms with Gasteiger partial charge in [-0.3, -0.25) is 9.69 Å². The molecule has 4 rings (SSSR count). The maximum absolute atomic E-state index is 12.9. The Morgan fingerprint density at radius 1 is 1.18 bits per heavy atom. The molecule has 0 radical (unpaired) electrons. The third-order valence-corrected chi connectivity index (χ3v) is 6.64. The summed E-state index contributed by atoms with van der Waals surface area (Å²) in [4.78, 5) is 15.5. The van der Waals surface area contributed by atoms with Gasteiger partial charge in [0.05, 0.1) is 5.41 Å². The van der Waals surface area contributed by atoms with Gasteiger partial charge in [0, 0.05) is 24.7 Å². The van der Waals surface area contributed by atoms with E-state index in [0.717, 1.165) is 49.6 Å². The Kier molecular flexibility index (Phi) is 5.75. The number of halogens is 1. The summed E-state index contributed by atoms with van der Waals surface area (Å²) in [6.45, 7) is 6.17. The second-order valence-electron chi connectivity index (χ2n) is 8.47. The number of benzene rings is 2. The molecule has 0 aromatic heterocycles. The lowest BCUT2D eigenvalue weighted by Crippen LogP contribution is -2.43. The van der Waals surface area contributed by atoms with Crippen LogP contribution >= 0.6 is 11.6 Å². The summed E-state index contributed by atoms with van der Waals surface area (Å²) in [7, 11) is 0. The largest absolute Gasteiger partial charge is 0.355 e. The number of aryl methyl sites for hydroxylation is 1. The summed E-state index contributed by atoms with van der Waals surface area (Å²) in [6.07, 6.45) is 4.27. The van der Waals surface area contributed by atoms with Gasteiger partial charge in [0.15, 0.2) is 0 Å². The summed E-state index contributed by atoms with van der Waals surface area (Å²) in [5, 5.41) is 3.98. The molecule has 1 amide bonds. The smallest absolute Gasteiger partial charge is 0.230 e. The molecular weight excluding hydrogens is 368 g/mol. The predicted octanol–water partition coefficient (Wildman–Crippen LogP) is 4.71. The fourth-order valence-electron chi connectivity index (χ4n) is 4.44. The van der Waals surface area contributed by atoms with Crippen molar-refractivity contribution in [3.63, 3.8) is 0 Å². The number of piperidine rings is 1. The van der Waals surface area contributed by atoms with Crippen LogP contribution in [0, 0.1) is 12.8 Å². The molecule has 1 atom stereocenters. The number of amides is 1. The second-order valence-corrected chi connectivity index (χ2v) is 8.91. The molecule has 148 valence electrons. The third kappa shape index (κ3) is 4.26. The van der Waals surface area contributed by atoms with Gasteiger partial charge >= 0.3 is 0 Å². The van der Waals surface area contributed by atoms with E-state index >= 15 is 0 Å². The molecule has 1 aliphatic carbocycles. The zero-order valence-electron chi connectivity index (χ0n) is 16.6. The van der Waals surface area contributed by atoms with Crippen molar-refractivity contribution in [1.82, 2.24) is 10.2 Å². The van der Waals surface area contributed by atoms with Crippen LogP contribution in [-0.4, -0.2) is 30.4 Å². The van der Waals surface area contributed by atoms with Crippen LogP contribution in [-0.2, 0) is 16.8 Å². The van der Waals surface area contributed by atoms with Crippen LogP contribution in [0.1, 0.15) is 42.4 Å². The SMILES string of the molecule is Cc1ccccc1CN1CCCC(CNC(=O)C2(c3ccc(Cl)cc3)CC2)C1. The average molecular weight is 397 g/mol. The third-order valence-electron chi connectivity index (χ3n) is 6.39. The zero-order valence-corrected chi connectivity index (χ0v) is 17.3. The van der Waals surface area contributed by atoms with E-state index in [-0.39, 0.29) is 11.3 Å². The number of hydrogen-bond donors (Lipinski definition) is 1. The van der Waals surface area contributed by atoms with Gasteiger partial charge in [0.25, 0.3) is 0 Å². The molecule has 2 aliphatic rings. The Bertz CT molecular complexity index is 829. The molecule has 3 nitrogen and oxygen atoms in total. The van der Waals surface area contributed by atoms with Gasteiger partial charge in [-0.2, -0.15) is 0 Å². The summed E-state index contributed by atoms with van der Waals surface area (Å²) < 4.78 is 0. The highest BCUT2D eigenvalue weighted by Gasteiger charge is 2.51. The van der Waals surface area contributed by atoms with E-state index in [1.54, 1.807) is 0 Å². The molecule has 0 bridgehead atoms. The van der Waals surface area contributed by atoms with Gasteiger partial charge in [-0.15, -0.1) is 0 Å². The minimum Gasteiger partial charge on any atom is -0.355 e. The van der Waals surface area contributed by atoms with Crippen LogP contribution in [0.5, 0.6) is 0 Å². The van der Waals surface area contributed by atoms with E-state index in [4.69, 9.17) is 11.6 Å². The van der Waals surface area contributed by atoms with Crippen LogP contribution < -0.4 is 5.32 Å². The highest BCUT2D eigenvalue weighted by molar-refractivity contribution is 6.30. The first-order chi connectivity index (χ1) is 13.6. The fourth-order valence-corrected chi connectivity index (χ4v) is 4.56. The van der Waals surface area contributed by atoms with Crippen molar-refractivity contribution in [2.75, 3.05) is 19.6 Å². The number of carbonyl (C=O) groups excluding carboxylic acids is 1. The van der Waals surface area contributed by atoms with Crippen molar-refractivity contribution in [3.05, 3.63) is 70.2 Å². The molecule has 1 saturated heterocycles. The minimum atomic E-state index is -0.319. The predicted molar refractivity (Wildman–Crippen MR) is 115 cm³/mol. The summed E-state index contributed by atoms with van der Waals surface area (Å²) in [5.41, 5.74) is 3.54. The lowest BCUT2D eigenvalue weighted by Gasteiger charge is -2.33. The summed E-state index contributed by atoms with van der Waals surface area (Å²) in [6, 6.07) is 16.4. The lowest BCUT2D eigenvalue weighted by atomic mass is 9.93. The van der Waals surface area contributed by atoms with Crippen molar-refractivity contribution in [2.45, 2.75) is 44.6 Å². The van der Waals surface area contributed by atoms with Crippen molar-refractivity contribution >= 4 is 17.5 Å². The highest BCUT2D eigenvalue weighted by atomic mass is 35.5. The molecule has 1 heterocycles. The van der Waals surface area contributed by atoms with Gasteiger partial charge < -0.3 is 5.32 Å². The number of likely N-dealkylation sites (tertiary alicyclic amines) is 1. The first-order valence-electron chi connectivity index (χ1n) is 10.4. The Hall–Kier alpha value is -1.84. The van der Waals surface area contributed by atoms with Crippen LogP contribution in [0.25, 0.3) is 0 Å². The van der Waals surface area contributed by atoms with Gasteiger partial charge in [-0.1, -0.05) is 48.0 Å². The second kappa shape index (κ2) is 8.26. The van der Waals surface area contributed by atoms with Crippen molar-refractivity contribution < 1.29 is 4.79 Å². The molecule has 1 saturated carbocycles. The molecule has 4 heteroatoms. The van der Waals surface area contributed by atoms with Gasteiger partial charge in [0.2, 0.25) is 5.91 Å². The first kappa shape index (κ1) is 19.5. The number of hydrogen-bond acceptors (Lipinski definition) is 2. The minimum absolute atomic E-state index is 0.186. The topological polar surface area (TPSA) is 32.3 Å². The van der Waals surface area contributed by atoms with Crippen LogP contribution in [0.2, 0.25) is 5.02 Å². The van der Waals surface area contributed by atoms with Crippen molar-refractivity contribution in [1.29, 1.82) is 0 Å². The fraction of sp³-hybridized carbons (Fsp3) is 0.458. The monoisotopic (exact) mass is 396 g/mol. The summed E-state index contributed by atoms with van der Waals surface area (Å²) >= 11 is 6.00. The Balaban J connectivity index is 1.31. The Morgan fingerprint density at radius 2 is 1.93 bits per heavy atom. The van der Waals surface area contributed by atoms with Gasteiger partial charge in [-0.25, -0.2) is 0 Å². The van der Waals surface area contributed by atoms with E-state index in [2.05, 4.69) is 41.4 Å². The molecule has 28 heavy (non-hydrogen) atoms. The average Bonchev–Trinajstić information content (AvgIpc) is 3.51. The molecular formula is C24H29ClN2O. The van der Waals surface area contributed by atoms with Gasteiger partial charge in [-0.05, 0) is 73.9 Å². The van der Waals surface area contributed by atoms with Crippen molar-refractivity contribution in [2.24, 2.45) is 5.92 Å². The molecule has 1 aliphatic heterocycles. The van der Waals surface area contributed by atoms with E-state index in [0.29, 0.717) is 5.92 Å². The molecule has 0 spiro atoms. The van der Waals surface area contributed by atoms with E-state index in [9.17, 15) is 4.79 Å². The van der Waals surface area contributed by atoms with E-state index < -0.39 is 0 Å². The molecule has 1 unspecified atom stereocenters.